The Hall–Kier alpha value is -3.92. The first-order chi connectivity index (χ1) is 15.5. The molecule has 0 spiro atoms. The summed E-state index contributed by atoms with van der Waals surface area (Å²) >= 11 is 0. The molecule has 0 radical (unpaired) electrons. The minimum Gasteiger partial charge on any atom is -0.508 e. The molecule has 0 aliphatic rings. The van der Waals surface area contributed by atoms with Crippen LogP contribution in [0.1, 0.15) is 22.3 Å². The predicted molar refractivity (Wildman–Crippen MR) is 126 cm³/mol. The Bertz CT molecular complexity index is 1180. The average Bonchev–Trinajstić information content (AvgIpc) is 2.76. The van der Waals surface area contributed by atoms with Gasteiger partial charge in [0.1, 0.15) is 28.7 Å². The third-order valence-corrected chi connectivity index (χ3v) is 5.31. The van der Waals surface area contributed by atoms with Crippen molar-refractivity contribution in [3.05, 3.63) is 113 Å². The first-order valence-corrected chi connectivity index (χ1v) is 10.7. The molecule has 4 aromatic rings. The standard InChI is InChI=1S/C28H26O4/c29-24-7-1-4-20(14-24)10-11-21-5-2-8-27(17-21)32-28-9-3-6-22(18-28)12-13-23-15-25(30)19-26(31)16-23/h1-9,14-19,29-31H,10-13H2. The van der Waals surface area contributed by atoms with E-state index >= 15 is 0 Å². The van der Waals surface area contributed by atoms with Crippen LogP contribution in [0, 0.1) is 0 Å². The summed E-state index contributed by atoms with van der Waals surface area (Å²) in [5.74, 6) is 1.99. The zero-order valence-corrected chi connectivity index (χ0v) is 17.7. The first-order valence-electron chi connectivity index (χ1n) is 10.7. The van der Waals surface area contributed by atoms with Gasteiger partial charge in [-0.25, -0.2) is 0 Å². The lowest BCUT2D eigenvalue weighted by Crippen LogP contribution is -1.94. The lowest BCUT2D eigenvalue weighted by molar-refractivity contribution is 0.449. The molecule has 0 saturated carbocycles. The van der Waals surface area contributed by atoms with Crippen LogP contribution in [0.5, 0.6) is 28.7 Å². The second-order valence-corrected chi connectivity index (χ2v) is 7.92. The van der Waals surface area contributed by atoms with Crippen molar-refractivity contribution in [1.82, 2.24) is 0 Å². The monoisotopic (exact) mass is 426 g/mol. The number of hydrogen-bond donors (Lipinski definition) is 3. The van der Waals surface area contributed by atoms with Crippen molar-refractivity contribution in [3.63, 3.8) is 0 Å². The Morgan fingerprint density at radius 2 is 0.875 bits per heavy atom. The molecule has 0 unspecified atom stereocenters. The summed E-state index contributed by atoms with van der Waals surface area (Å²) in [5.41, 5.74) is 4.27. The maximum atomic E-state index is 9.65. The second kappa shape index (κ2) is 9.92. The van der Waals surface area contributed by atoms with Crippen molar-refractivity contribution in [1.29, 1.82) is 0 Å². The Balaban J connectivity index is 1.38. The van der Waals surface area contributed by atoms with E-state index in [0.29, 0.717) is 12.2 Å². The van der Waals surface area contributed by atoms with Crippen molar-refractivity contribution in [2.75, 3.05) is 0 Å². The summed E-state index contributed by atoms with van der Waals surface area (Å²) < 4.78 is 6.10. The zero-order valence-electron chi connectivity index (χ0n) is 17.7. The van der Waals surface area contributed by atoms with E-state index in [1.165, 1.54) is 11.6 Å². The highest BCUT2D eigenvalue weighted by molar-refractivity contribution is 5.39. The number of aromatic hydroxyl groups is 3. The molecule has 0 amide bonds. The molecule has 4 heteroatoms. The smallest absolute Gasteiger partial charge is 0.127 e. The molecule has 162 valence electrons. The number of rotatable bonds is 8. The maximum absolute atomic E-state index is 9.65. The number of phenols is 3. The SMILES string of the molecule is Oc1cccc(CCc2cccc(Oc3cccc(CCc4cc(O)cc(O)c4)c3)c2)c1. The van der Waals surface area contributed by atoms with Gasteiger partial charge in [0.15, 0.2) is 0 Å². The third-order valence-electron chi connectivity index (χ3n) is 5.31. The van der Waals surface area contributed by atoms with Gasteiger partial charge in [0.2, 0.25) is 0 Å². The van der Waals surface area contributed by atoms with Crippen LogP contribution in [0.3, 0.4) is 0 Å². The van der Waals surface area contributed by atoms with Crippen LogP contribution in [0.25, 0.3) is 0 Å². The number of aryl methyl sites for hydroxylation is 4. The lowest BCUT2D eigenvalue weighted by Gasteiger charge is -2.10. The summed E-state index contributed by atoms with van der Waals surface area (Å²) in [6, 6.07) is 28.0. The lowest BCUT2D eigenvalue weighted by atomic mass is 10.0. The summed E-state index contributed by atoms with van der Waals surface area (Å²) in [6.07, 6.45) is 3.18. The molecule has 0 bridgehead atoms. The minimum absolute atomic E-state index is 0.0704. The average molecular weight is 427 g/mol. The molecule has 0 fully saturated rings. The van der Waals surface area contributed by atoms with E-state index < -0.39 is 0 Å². The van der Waals surface area contributed by atoms with Gasteiger partial charge >= 0.3 is 0 Å². The van der Waals surface area contributed by atoms with E-state index in [2.05, 4.69) is 6.07 Å². The van der Waals surface area contributed by atoms with Gasteiger partial charge in [-0.05, 0) is 96.5 Å². The van der Waals surface area contributed by atoms with Crippen molar-refractivity contribution in [3.8, 4) is 28.7 Å². The van der Waals surface area contributed by atoms with Gasteiger partial charge in [-0.15, -0.1) is 0 Å². The Labute approximate surface area is 188 Å². The van der Waals surface area contributed by atoms with E-state index in [9.17, 15) is 15.3 Å². The summed E-state index contributed by atoms with van der Waals surface area (Å²) in [7, 11) is 0. The van der Waals surface area contributed by atoms with Gasteiger partial charge in [-0.2, -0.15) is 0 Å². The number of benzene rings is 4. The van der Waals surface area contributed by atoms with Crippen LogP contribution < -0.4 is 4.74 Å². The number of hydrogen-bond acceptors (Lipinski definition) is 4. The topological polar surface area (TPSA) is 69.9 Å². The van der Waals surface area contributed by atoms with Gasteiger partial charge in [0, 0.05) is 6.07 Å². The van der Waals surface area contributed by atoms with E-state index in [1.807, 2.05) is 54.6 Å². The van der Waals surface area contributed by atoms with E-state index in [4.69, 9.17) is 4.74 Å². The normalized spacial score (nSPS) is 10.8. The number of phenolic OH excluding ortho intramolecular Hbond substituents is 3. The molecule has 0 heterocycles. The Morgan fingerprint density at radius 1 is 0.438 bits per heavy atom. The molecule has 4 nitrogen and oxygen atoms in total. The third kappa shape index (κ3) is 6.05. The van der Waals surface area contributed by atoms with E-state index in [0.717, 1.165) is 47.5 Å². The predicted octanol–water partition coefficient (Wildman–Crippen LogP) is 6.17. The first kappa shape index (κ1) is 21.3. The fourth-order valence-corrected chi connectivity index (χ4v) is 3.76. The van der Waals surface area contributed by atoms with Gasteiger partial charge in [-0.3, -0.25) is 0 Å². The fourth-order valence-electron chi connectivity index (χ4n) is 3.76. The molecular weight excluding hydrogens is 400 g/mol. The van der Waals surface area contributed by atoms with E-state index in [-0.39, 0.29) is 11.5 Å². The zero-order chi connectivity index (χ0) is 22.3. The fraction of sp³-hybridized carbons (Fsp3) is 0.143. The van der Waals surface area contributed by atoms with Gasteiger partial charge in [0.05, 0.1) is 0 Å². The highest BCUT2D eigenvalue weighted by Crippen LogP contribution is 2.26. The number of ether oxygens (including phenoxy) is 1. The summed E-state index contributed by atoms with van der Waals surface area (Å²) in [5, 5.41) is 28.9. The molecule has 4 aromatic carbocycles. The van der Waals surface area contributed by atoms with Gasteiger partial charge in [0.25, 0.3) is 0 Å². The van der Waals surface area contributed by atoms with Crippen molar-refractivity contribution in [2.24, 2.45) is 0 Å². The quantitative estimate of drug-likeness (QED) is 0.315. The van der Waals surface area contributed by atoms with Crippen LogP contribution >= 0.6 is 0 Å². The van der Waals surface area contributed by atoms with Crippen LogP contribution in [0.4, 0.5) is 0 Å². The van der Waals surface area contributed by atoms with Crippen molar-refractivity contribution < 1.29 is 20.1 Å². The molecule has 0 aromatic heterocycles. The van der Waals surface area contributed by atoms with Gasteiger partial charge in [-0.1, -0.05) is 36.4 Å². The van der Waals surface area contributed by atoms with E-state index in [1.54, 1.807) is 24.3 Å². The Morgan fingerprint density at radius 3 is 1.41 bits per heavy atom. The van der Waals surface area contributed by atoms with Crippen LogP contribution in [0.15, 0.2) is 91.0 Å². The summed E-state index contributed by atoms with van der Waals surface area (Å²) in [4.78, 5) is 0. The second-order valence-electron chi connectivity index (χ2n) is 7.92. The molecule has 32 heavy (non-hydrogen) atoms. The maximum Gasteiger partial charge on any atom is 0.127 e. The van der Waals surface area contributed by atoms with Gasteiger partial charge < -0.3 is 20.1 Å². The molecule has 3 N–H and O–H groups in total. The van der Waals surface area contributed by atoms with Crippen LogP contribution in [-0.4, -0.2) is 15.3 Å². The molecular formula is C28H26O4. The van der Waals surface area contributed by atoms with Crippen LogP contribution in [0.2, 0.25) is 0 Å². The van der Waals surface area contributed by atoms with Crippen LogP contribution in [-0.2, 0) is 25.7 Å². The highest BCUT2D eigenvalue weighted by Gasteiger charge is 2.04. The molecule has 0 atom stereocenters. The largest absolute Gasteiger partial charge is 0.508 e. The summed E-state index contributed by atoms with van der Waals surface area (Å²) in [6.45, 7) is 0. The molecule has 4 rings (SSSR count). The van der Waals surface area contributed by atoms with Crippen molar-refractivity contribution in [2.45, 2.75) is 25.7 Å². The Kier molecular flexibility index (Phi) is 6.61. The molecule has 0 aliphatic heterocycles. The van der Waals surface area contributed by atoms with Crippen molar-refractivity contribution >= 4 is 0 Å². The minimum atomic E-state index is 0.0704. The highest BCUT2D eigenvalue weighted by atomic mass is 16.5. The molecule has 0 saturated heterocycles. The molecule has 0 aliphatic carbocycles.